The minimum atomic E-state index is -0.686. The van der Waals surface area contributed by atoms with Crippen molar-refractivity contribution in [3.63, 3.8) is 0 Å². The summed E-state index contributed by atoms with van der Waals surface area (Å²) < 4.78 is 5.47. The van der Waals surface area contributed by atoms with Gasteiger partial charge in [-0.05, 0) is 24.3 Å². The van der Waals surface area contributed by atoms with Gasteiger partial charge in [0.05, 0.1) is 11.6 Å². The number of benzene rings is 2. The first kappa shape index (κ1) is 12.9. The zero-order chi connectivity index (χ0) is 15.1. The van der Waals surface area contributed by atoms with E-state index in [0.29, 0.717) is 5.56 Å². The van der Waals surface area contributed by atoms with Crippen LogP contribution >= 0.6 is 0 Å². The molecule has 0 atom stereocenters. The van der Waals surface area contributed by atoms with E-state index in [1.54, 1.807) is 12.1 Å². The van der Waals surface area contributed by atoms with E-state index in [4.69, 9.17) is 4.42 Å². The van der Waals surface area contributed by atoms with Gasteiger partial charge in [-0.25, -0.2) is 4.42 Å². The van der Waals surface area contributed by atoms with Crippen LogP contribution in [0.25, 0.3) is 22.3 Å². The normalized spacial score (nSPS) is 10.9. The molecule has 106 valence electrons. The van der Waals surface area contributed by atoms with Gasteiger partial charge in [-0.3, -0.25) is 0 Å². The summed E-state index contributed by atoms with van der Waals surface area (Å²) in [6.45, 7) is 0. The Morgan fingerprint density at radius 3 is 2.05 bits per heavy atom. The fraction of sp³-hybridized carbons (Fsp3) is 0. The van der Waals surface area contributed by atoms with Gasteiger partial charge in [0.15, 0.2) is 11.5 Å². The van der Waals surface area contributed by atoms with Crippen molar-refractivity contribution in [1.82, 2.24) is 0 Å². The molecule has 1 aromatic heterocycles. The van der Waals surface area contributed by atoms with Crippen LogP contribution in [0, 0.1) is 0 Å². The second kappa shape index (κ2) is 4.45. The quantitative estimate of drug-likeness (QED) is 0.347. The van der Waals surface area contributed by atoms with Crippen molar-refractivity contribution in [2.24, 2.45) is 0 Å². The molecule has 3 aromatic rings. The largest absolute Gasteiger partial charge is 0.508 e. The van der Waals surface area contributed by atoms with Gasteiger partial charge in [-0.1, -0.05) is 0 Å². The highest BCUT2D eigenvalue weighted by molar-refractivity contribution is 5.91. The van der Waals surface area contributed by atoms with Crippen LogP contribution in [-0.2, 0) is 0 Å². The molecular weight excluding hydrogens is 276 g/mol. The molecule has 0 saturated carbocycles. The Balaban J connectivity index is 2.28. The number of hydrogen-bond donors (Lipinski definition) is 5. The summed E-state index contributed by atoms with van der Waals surface area (Å²) in [5.74, 6) is -1.89. The van der Waals surface area contributed by atoms with E-state index in [9.17, 15) is 25.5 Å². The van der Waals surface area contributed by atoms with Crippen molar-refractivity contribution in [3.8, 4) is 40.1 Å². The first-order chi connectivity index (χ1) is 9.97. The van der Waals surface area contributed by atoms with E-state index in [1.165, 1.54) is 18.2 Å². The van der Waals surface area contributed by atoms with Gasteiger partial charge in [-0.2, -0.15) is 0 Å². The summed E-state index contributed by atoms with van der Waals surface area (Å²) >= 11 is 0. The Kier molecular flexibility index (Phi) is 2.72. The predicted molar refractivity (Wildman–Crippen MR) is 74.4 cm³/mol. The number of phenols is 4. The number of hydrogen-bond acceptors (Lipinski definition) is 5. The third kappa shape index (κ3) is 2.02. The highest BCUT2D eigenvalue weighted by atomic mass is 16.4. The Morgan fingerprint density at radius 2 is 1.38 bits per heavy atom. The lowest BCUT2D eigenvalue weighted by atomic mass is 10.1. The number of rotatable bonds is 1. The van der Waals surface area contributed by atoms with Crippen LogP contribution in [0.4, 0.5) is 0 Å². The summed E-state index contributed by atoms with van der Waals surface area (Å²) in [5, 5.41) is 48.0. The Bertz CT molecular complexity index is 839. The lowest BCUT2D eigenvalue weighted by Gasteiger charge is -2.02. The Morgan fingerprint density at radius 1 is 0.714 bits per heavy atom. The first-order valence-corrected chi connectivity index (χ1v) is 6.00. The van der Waals surface area contributed by atoms with Crippen LogP contribution in [0.2, 0.25) is 0 Å². The summed E-state index contributed by atoms with van der Waals surface area (Å²) in [7, 11) is 0. The molecule has 2 aromatic carbocycles. The molecule has 1 heterocycles. The molecule has 6 heteroatoms. The Labute approximate surface area is 118 Å². The molecule has 6 nitrogen and oxygen atoms in total. The lowest BCUT2D eigenvalue weighted by molar-refractivity contribution is 0.369. The summed E-state index contributed by atoms with van der Waals surface area (Å²) in [5.41, 5.74) is 0.586. The molecule has 5 N–H and O–H groups in total. The lowest BCUT2D eigenvalue weighted by Crippen LogP contribution is -1.83. The van der Waals surface area contributed by atoms with Crippen LogP contribution in [0.3, 0.4) is 0 Å². The van der Waals surface area contributed by atoms with Gasteiger partial charge in [0.1, 0.15) is 11.1 Å². The van der Waals surface area contributed by atoms with E-state index in [1.807, 2.05) is 0 Å². The van der Waals surface area contributed by atoms with Crippen molar-refractivity contribution in [2.75, 3.05) is 0 Å². The maximum Gasteiger partial charge on any atom is 0.401 e. The van der Waals surface area contributed by atoms with Crippen LogP contribution in [0.15, 0.2) is 40.8 Å². The van der Waals surface area contributed by atoms with E-state index >= 15 is 0 Å². The minimum absolute atomic E-state index is 0.0605. The van der Waals surface area contributed by atoms with E-state index < -0.39 is 17.2 Å². The molecule has 0 saturated heterocycles. The molecule has 0 radical (unpaired) electrons. The van der Waals surface area contributed by atoms with Gasteiger partial charge in [0, 0.05) is 6.07 Å². The fourth-order valence-corrected chi connectivity index (χ4v) is 2.04. The van der Waals surface area contributed by atoms with Crippen molar-refractivity contribution in [2.45, 2.75) is 0 Å². The predicted octanol–water partition coefficient (Wildman–Crippen LogP) is 2.91. The van der Waals surface area contributed by atoms with Crippen LogP contribution < -0.4 is 0 Å². The third-order valence-corrected chi connectivity index (χ3v) is 3.11. The van der Waals surface area contributed by atoms with Crippen molar-refractivity contribution in [1.29, 1.82) is 0 Å². The number of fused-ring (bicyclic) bond motifs is 1. The molecule has 0 aliphatic rings. The van der Waals surface area contributed by atoms with Gasteiger partial charge in [-0.15, -0.1) is 0 Å². The molecule has 0 spiro atoms. The second-order valence-electron chi connectivity index (χ2n) is 4.51. The topological polar surface area (TPSA) is 112 Å². The molecule has 0 aliphatic heterocycles. The summed E-state index contributed by atoms with van der Waals surface area (Å²) in [4.78, 5) is 0. The van der Waals surface area contributed by atoms with E-state index in [0.717, 1.165) is 6.07 Å². The smallest absolute Gasteiger partial charge is 0.401 e. The zero-order valence-electron chi connectivity index (χ0n) is 10.6. The van der Waals surface area contributed by atoms with Gasteiger partial charge < -0.3 is 25.5 Å². The minimum Gasteiger partial charge on any atom is -0.508 e. The SMILES string of the molecule is Oc1ccc(-c2[o+]c3cc(O)c(O)c(O)c3cc2O)cc1. The molecule has 0 amide bonds. The van der Waals surface area contributed by atoms with Gasteiger partial charge in [0.25, 0.3) is 0 Å². The molecule has 0 bridgehead atoms. The number of phenolic OH excluding ortho intramolecular Hbond substituents is 4. The molecule has 0 unspecified atom stereocenters. The molecular formula is C15H11O6+. The highest BCUT2D eigenvalue weighted by Crippen LogP contribution is 2.44. The summed E-state index contributed by atoms with van der Waals surface area (Å²) in [6.07, 6.45) is 0. The van der Waals surface area contributed by atoms with Gasteiger partial charge in [0.2, 0.25) is 11.5 Å². The van der Waals surface area contributed by atoms with E-state index in [2.05, 4.69) is 0 Å². The molecule has 21 heavy (non-hydrogen) atoms. The summed E-state index contributed by atoms with van der Waals surface area (Å²) in [6, 6.07) is 8.30. The maximum atomic E-state index is 10.0. The van der Waals surface area contributed by atoms with Crippen molar-refractivity contribution >= 4 is 11.0 Å². The van der Waals surface area contributed by atoms with E-state index in [-0.39, 0.29) is 28.2 Å². The molecule has 0 fully saturated rings. The number of aromatic hydroxyl groups is 5. The van der Waals surface area contributed by atoms with Crippen LogP contribution in [0.1, 0.15) is 0 Å². The average molecular weight is 287 g/mol. The van der Waals surface area contributed by atoms with Crippen molar-refractivity contribution in [3.05, 3.63) is 36.4 Å². The zero-order valence-corrected chi connectivity index (χ0v) is 10.6. The standard InChI is InChI=1S/C15H10O6/c16-8-3-1-7(2-4-8)15-11(18)5-9-12(21-15)6-10(17)14(20)13(9)19/h1-6H,(H4-,16,17,18,19,20)/p+1. The first-order valence-electron chi connectivity index (χ1n) is 6.00. The third-order valence-electron chi connectivity index (χ3n) is 3.11. The maximum absolute atomic E-state index is 10.0. The van der Waals surface area contributed by atoms with Crippen molar-refractivity contribution < 1.29 is 29.9 Å². The molecule has 3 rings (SSSR count). The highest BCUT2D eigenvalue weighted by Gasteiger charge is 2.25. The average Bonchev–Trinajstić information content (AvgIpc) is 2.47. The Hall–Kier alpha value is -3.15. The van der Waals surface area contributed by atoms with Gasteiger partial charge >= 0.3 is 11.3 Å². The second-order valence-corrected chi connectivity index (χ2v) is 4.51. The van der Waals surface area contributed by atoms with Crippen LogP contribution in [-0.4, -0.2) is 25.5 Å². The monoisotopic (exact) mass is 287 g/mol. The fourth-order valence-electron chi connectivity index (χ4n) is 2.04. The van der Waals surface area contributed by atoms with Crippen LogP contribution in [0.5, 0.6) is 28.7 Å². The molecule has 0 aliphatic carbocycles.